The lowest BCUT2D eigenvalue weighted by atomic mass is 10.1. The predicted octanol–water partition coefficient (Wildman–Crippen LogP) is -0.540. The normalized spacial score (nSPS) is 19.3. The minimum absolute atomic E-state index is 0.0325. The molecule has 1 N–H and O–H groups in total. The van der Waals surface area contributed by atoms with Crippen LogP contribution in [0.5, 0.6) is 0 Å². The standard InChI is InChI=1S/C14H14N2O6/c17-10-2-1-3-11(18)15(10)8-9(4-7-14(21)22)16-12(19)5-6-13(16)20/h1-2,5-6,9H,3-4,7-8H2,(H,21,22). The van der Waals surface area contributed by atoms with E-state index in [1.165, 1.54) is 12.2 Å². The Kier molecular flexibility index (Phi) is 4.50. The summed E-state index contributed by atoms with van der Waals surface area (Å²) in [6, 6.07) is -0.856. The van der Waals surface area contributed by atoms with Gasteiger partial charge in [-0.25, -0.2) is 0 Å². The lowest BCUT2D eigenvalue weighted by Gasteiger charge is -2.31. The van der Waals surface area contributed by atoms with Crippen LogP contribution in [0.1, 0.15) is 19.3 Å². The highest BCUT2D eigenvalue weighted by atomic mass is 16.4. The number of nitrogens with zero attached hydrogens (tertiary/aromatic N) is 2. The zero-order valence-electron chi connectivity index (χ0n) is 11.6. The molecular weight excluding hydrogens is 292 g/mol. The third-order valence-electron chi connectivity index (χ3n) is 3.41. The van der Waals surface area contributed by atoms with Crippen LogP contribution >= 0.6 is 0 Å². The molecule has 0 aromatic carbocycles. The van der Waals surface area contributed by atoms with Crippen molar-refractivity contribution in [1.29, 1.82) is 0 Å². The fourth-order valence-corrected chi connectivity index (χ4v) is 2.35. The van der Waals surface area contributed by atoms with E-state index in [0.29, 0.717) is 0 Å². The van der Waals surface area contributed by atoms with E-state index in [0.717, 1.165) is 22.0 Å². The summed E-state index contributed by atoms with van der Waals surface area (Å²) >= 11 is 0. The lowest BCUT2D eigenvalue weighted by molar-refractivity contribution is -0.148. The van der Waals surface area contributed by atoms with Gasteiger partial charge in [0.15, 0.2) is 0 Å². The van der Waals surface area contributed by atoms with Gasteiger partial charge in [0.2, 0.25) is 5.91 Å². The predicted molar refractivity (Wildman–Crippen MR) is 72.1 cm³/mol. The Labute approximate surface area is 125 Å². The van der Waals surface area contributed by atoms with E-state index in [2.05, 4.69) is 0 Å². The van der Waals surface area contributed by atoms with Crippen molar-refractivity contribution >= 4 is 29.6 Å². The molecule has 2 rings (SSSR count). The molecule has 0 radical (unpaired) electrons. The molecule has 0 saturated carbocycles. The second-order valence-electron chi connectivity index (χ2n) is 4.92. The van der Waals surface area contributed by atoms with Crippen molar-refractivity contribution in [3.8, 4) is 0 Å². The smallest absolute Gasteiger partial charge is 0.303 e. The monoisotopic (exact) mass is 306 g/mol. The first-order valence-electron chi connectivity index (χ1n) is 6.68. The molecule has 2 aliphatic rings. The Balaban J connectivity index is 2.17. The van der Waals surface area contributed by atoms with Gasteiger partial charge in [0, 0.05) is 37.6 Å². The summed E-state index contributed by atoms with van der Waals surface area (Å²) < 4.78 is 0. The van der Waals surface area contributed by atoms with Gasteiger partial charge in [0.1, 0.15) is 0 Å². The zero-order chi connectivity index (χ0) is 16.3. The summed E-state index contributed by atoms with van der Waals surface area (Å²) in [4.78, 5) is 59.6. The van der Waals surface area contributed by atoms with Crippen LogP contribution in [0.2, 0.25) is 0 Å². The van der Waals surface area contributed by atoms with E-state index >= 15 is 0 Å². The Morgan fingerprint density at radius 3 is 2.27 bits per heavy atom. The first kappa shape index (κ1) is 15.6. The highest BCUT2D eigenvalue weighted by Crippen LogP contribution is 2.17. The molecule has 0 saturated heterocycles. The molecule has 8 nitrogen and oxygen atoms in total. The van der Waals surface area contributed by atoms with E-state index in [1.54, 1.807) is 0 Å². The number of aliphatic carboxylic acids is 1. The maximum atomic E-state index is 11.8. The van der Waals surface area contributed by atoms with E-state index in [1.807, 2.05) is 0 Å². The van der Waals surface area contributed by atoms with Gasteiger partial charge in [0.05, 0.1) is 6.04 Å². The van der Waals surface area contributed by atoms with Gasteiger partial charge in [-0.2, -0.15) is 0 Å². The maximum absolute atomic E-state index is 11.8. The summed E-state index contributed by atoms with van der Waals surface area (Å²) in [6.45, 7) is -0.200. The number of carboxylic acids is 1. The van der Waals surface area contributed by atoms with Crippen molar-refractivity contribution in [2.24, 2.45) is 0 Å². The summed E-state index contributed by atoms with van der Waals surface area (Å²) in [5.74, 6) is -3.22. The van der Waals surface area contributed by atoms with Crippen LogP contribution in [0.4, 0.5) is 0 Å². The van der Waals surface area contributed by atoms with Gasteiger partial charge in [-0.1, -0.05) is 6.08 Å². The van der Waals surface area contributed by atoms with Crippen LogP contribution in [0.25, 0.3) is 0 Å². The van der Waals surface area contributed by atoms with Gasteiger partial charge in [0.25, 0.3) is 17.7 Å². The molecule has 1 unspecified atom stereocenters. The number of rotatable bonds is 6. The number of hydrogen-bond donors (Lipinski definition) is 1. The second kappa shape index (κ2) is 6.33. The van der Waals surface area contributed by atoms with E-state index in [9.17, 15) is 24.0 Å². The second-order valence-corrected chi connectivity index (χ2v) is 4.92. The third kappa shape index (κ3) is 3.27. The molecular formula is C14H14N2O6. The van der Waals surface area contributed by atoms with Crippen molar-refractivity contribution in [3.05, 3.63) is 24.3 Å². The Morgan fingerprint density at radius 2 is 1.73 bits per heavy atom. The molecule has 116 valence electrons. The SMILES string of the molecule is O=C(O)CCC(CN1C(=O)C=CCC1=O)N1C(=O)C=CC1=O. The molecule has 0 spiro atoms. The molecule has 2 heterocycles. The van der Waals surface area contributed by atoms with Gasteiger partial charge >= 0.3 is 5.97 Å². The van der Waals surface area contributed by atoms with Crippen molar-refractivity contribution < 1.29 is 29.1 Å². The molecule has 22 heavy (non-hydrogen) atoms. The molecule has 2 aliphatic heterocycles. The highest BCUT2D eigenvalue weighted by molar-refractivity contribution is 6.13. The Bertz CT molecular complexity index is 588. The zero-order valence-corrected chi connectivity index (χ0v) is 11.6. The third-order valence-corrected chi connectivity index (χ3v) is 3.41. The van der Waals surface area contributed by atoms with Crippen LogP contribution < -0.4 is 0 Å². The highest BCUT2D eigenvalue weighted by Gasteiger charge is 2.35. The van der Waals surface area contributed by atoms with Gasteiger partial charge in [-0.3, -0.25) is 33.8 Å². The number of imide groups is 2. The molecule has 4 amide bonds. The summed E-state index contributed by atoms with van der Waals surface area (Å²) in [7, 11) is 0. The van der Waals surface area contributed by atoms with Crippen molar-refractivity contribution in [2.75, 3.05) is 6.54 Å². The summed E-state index contributed by atoms with van der Waals surface area (Å²) in [6.07, 6.45) is 4.56. The van der Waals surface area contributed by atoms with Crippen LogP contribution in [-0.2, 0) is 24.0 Å². The minimum Gasteiger partial charge on any atom is -0.481 e. The van der Waals surface area contributed by atoms with Crippen molar-refractivity contribution in [2.45, 2.75) is 25.3 Å². The topological polar surface area (TPSA) is 112 Å². The molecule has 0 aromatic heterocycles. The molecule has 8 heteroatoms. The molecule has 1 atom stereocenters. The van der Waals surface area contributed by atoms with Crippen LogP contribution in [0.3, 0.4) is 0 Å². The van der Waals surface area contributed by atoms with Gasteiger partial charge in [-0.05, 0) is 6.42 Å². The number of amides is 4. The fourth-order valence-electron chi connectivity index (χ4n) is 2.35. The van der Waals surface area contributed by atoms with Crippen LogP contribution in [0, 0.1) is 0 Å². The number of carbonyl (C=O) groups excluding carboxylic acids is 4. The van der Waals surface area contributed by atoms with Crippen LogP contribution in [-0.4, -0.2) is 57.1 Å². The van der Waals surface area contributed by atoms with E-state index in [-0.39, 0.29) is 25.8 Å². The van der Waals surface area contributed by atoms with Crippen molar-refractivity contribution in [1.82, 2.24) is 9.80 Å². The number of hydrogen-bond acceptors (Lipinski definition) is 5. The summed E-state index contributed by atoms with van der Waals surface area (Å²) in [5.41, 5.74) is 0. The molecule has 0 aliphatic carbocycles. The first-order chi connectivity index (χ1) is 10.4. The molecule has 0 aromatic rings. The minimum atomic E-state index is -1.09. The Hall–Kier alpha value is -2.77. The average molecular weight is 306 g/mol. The number of carboxylic acid groups (broad SMARTS) is 1. The van der Waals surface area contributed by atoms with Gasteiger partial charge < -0.3 is 5.11 Å². The molecule has 0 bridgehead atoms. The quantitative estimate of drug-likeness (QED) is 0.660. The van der Waals surface area contributed by atoms with Crippen molar-refractivity contribution in [3.63, 3.8) is 0 Å². The lowest BCUT2D eigenvalue weighted by Crippen LogP contribution is -2.50. The first-order valence-corrected chi connectivity index (χ1v) is 6.68. The van der Waals surface area contributed by atoms with E-state index < -0.39 is 35.6 Å². The van der Waals surface area contributed by atoms with Gasteiger partial charge in [-0.15, -0.1) is 0 Å². The largest absolute Gasteiger partial charge is 0.481 e. The van der Waals surface area contributed by atoms with E-state index in [4.69, 9.17) is 5.11 Å². The average Bonchev–Trinajstić information content (AvgIpc) is 2.77. The molecule has 0 fully saturated rings. The van der Waals surface area contributed by atoms with Crippen LogP contribution in [0.15, 0.2) is 24.3 Å². The number of carbonyl (C=O) groups is 5. The summed E-state index contributed by atoms with van der Waals surface area (Å²) in [5, 5.41) is 8.78. The Morgan fingerprint density at radius 1 is 1.09 bits per heavy atom. The maximum Gasteiger partial charge on any atom is 0.303 e. The fraction of sp³-hybridized carbons (Fsp3) is 0.357.